The number of amides is 1. The van der Waals surface area contributed by atoms with E-state index in [1.54, 1.807) is 18.0 Å². The average Bonchev–Trinajstić information content (AvgIpc) is 3.20. The van der Waals surface area contributed by atoms with Crippen LogP contribution in [-0.2, 0) is 26.6 Å². The van der Waals surface area contributed by atoms with Gasteiger partial charge in [-0.1, -0.05) is 18.2 Å². The molecule has 1 fully saturated rings. The molecular weight excluding hydrogens is 414 g/mol. The van der Waals surface area contributed by atoms with Crippen molar-refractivity contribution in [3.05, 3.63) is 76.9 Å². The number of carbonyl (C=O) groups excluding carboxylic acids is 1. The lowest BCUT2D eigenvalue weighted by molar-refractivity contribution is 0.0948. The number of hydrogen-bond donors (Lipinski definition) is 1. The van der Waals surface area contributed by atoms with E-state index in [1.807, 2.05) is 31.4 Å². The zero-order valence-corrected chi connectivity index (χ0v) is 19.8. The summed E-state index contributed by atoms with van der Waals surface area (Å²) in [6, 6.07) is 12.1. The minimum Gasteiger partial charge on any atom is -0.496 e. The Morgan fingerprint density at radius 2 is 2.03 bits per heavy atom. The Kier molecular flexibility index (Phi) is 7.40. The Morgan fingerprint density at radius 1 is 1.21 bits per heavy atom. The highest BCUT2D eigenvalue weighted by Crippen LogP contribution is 2.26. The molecule has 3 heterocycles. The molecule has 1 aromatic carbocycles. The number of methoxy groups -OCH3 is 1. The number of nitrogens with zero attached hydrogens (tertiary/aromatic N) is 4. The van der Waals surface area contributed by atoms with Gasteiger partial charge in [-0.05, 0) is 69.0 Å². The van der Waals surface area contributed by atoms with E-state index in [9.17, 15) is 4.79 Å². The first kappa shape index (κ1) is 23.0. The Morgan fingerprint density at radius 3 is 2.76 bits per heavy atom. The second kappa shape index (κ2) is 10.6. The molecule has 7 heteroatoms. The third kappa shape index (κ3) is 5.99. The molecular formula is C26H33N5O2. The number of carbonyl (C=O) groups is 1. The van der Waals surface area contributed by atoms with Crippen molar-refractivity contribution in [3.63, 3.8) is 0 Å². The average molecular weight is 448 g/mol. The number of pyridine rings is 1. The van der Waals surface area contributed by atoms with Crippen molar-refractivity contribution in [1.29, 1.82) is 0 Å². The molecule has 1 N–H and O–H groups in total. The van der Waals surface area contributed by atoms with Crippen molar-refractivity contribution in [2.45, 2.75) is 39.3 Å². The van der Waals surface area contributed by atoms with Crippen LogP contribution in [0.2, 0.25) is 0 Å². The standard InChI is InChI=1S/C26H33N5O2/c1-19-7-8-21(25(14-19)33-3)17-31-12-9-20(10-13-31)15-24-23(18-30(2)29-24)26(32)28-16-22-6-4-5-11-27-22/h4-8,11,14,18,20H,9-10,12-13,15-17H2,1-3H3,(H,28,32). The normalized spacial score (nSPS) is 14.9. The maximum atomic E-state index is 12.8. The summed E-state index contributed by atoms with van der Waals surface area (Å²) in [4.78, 5) is 19.6. The minimum absolute atomic E-state index is 0.0901. The summed E-state index contributed by atoms with van der Waals surface area (Å²) in [5.74, 6) is 1.40. The summed E-state index contributed by atoms with van der Waals surface area (Å²) in [5, 5.41) is 7.59. The lowest BCUT2D eigenvalue weighted by Crippen LogP contribution is -2.34. The summed E-state index contributed by atoms with van der Waals surface area (Å²) in [6.45, 7) is 5.48. The fourth-order valence-corrected chi connectivity index (χ4v) is 4.49. The van der Waals surface area contributed by atoms with Crippen molar-refractivity contribution in [2.24, 2.45) is 13.0 Å². The molecule has 0 saturated carbocycles. The number of likely N-dealkylation sites (tertiary alicyclic amines) is 1. The third-order valence-corrected chi connectivity index (χ3v) is 6.33. The van der Waals surface area contributed by atoms with Gasteiger partial charge in [0.15, 0.2) is 0 Å². The molecule has 0 atom stereocenters. The topological polar surface area (TPSA) is 72.3 Å². The Bertz CT molecular complexity index is 1070. The van der Waals surface area contributed by atoms with Crippen LogP contribution in [0.1, 0.15) is 45.7 Å². The Labute approximate surface area is 195 Å². The van der Waals surface area contributed by atoms with Crippen LogP contribution in [0.15, 0.2) is 48.8 Å². The van der Waals surface area contributed by atoms with E-state index in [2.05, 4.69) is 45.4 Å². The van der Waals surface area contributed by atoms with Crippen LogP contribution in [0.4, 0.5) is 0 Å². The van der Waals surface area contributed by atoms with Crippen molar-refractivity contribution in [1.82, 2.24) is 25.0 Å². The van der Waals surface area contributed by atoms with Crippen LogP contribution < -0.4 is 10.1 Å². The molecule has 0 aliphatic carbocycles. The highest BCUT2D eigenvalue weighted by molar-refractivity contribution is 5.95. The first-order valence-corrected chi connectivity index (χ1v) is 11.6. The van der Waals surface area contributed by atoms with Gasteiger partial charge in [0.25, 0.3) is 5.91 Å². The van der Waals surface area contributed by atoms with E-state index in [0.29, 0.717) is 18.0 Å². The molecule has 174 valence electrons. The second-order valence-corrected chi connectivity index (χ2v) is 8.91. The van der Waals surface area contributed by atoms with Gasteiger partial charge in [0.05, 0.1) is 30.6 Å². The molecule has 0 bridgehead atoms. The molecule has 7 nitrogen and oxygen atoms in total. The molecule has 4 rings (SSSR count). The summed E-state index contributed by atoms with van der Waals surface area (Å²) in [7, 11) is 3.61. The van der Waals surface area contributed by atoms with Crippen molar-refractivity contribution in [3.8, 4) is 5.75 Å². The smallest absolute Gasteiger partial charge is 0.255 e. The molecule has 0 unspecified atom stereocenters. The molecule has 1 saturated heterocycles. The van der Waals surface area contributed by atoms with Gasteiger partial charge in [0.2, 0.25) is 0 Å². The van der Waals surface area contributed by atoms with Gasteiger partial charge >= 0.3 is 0 Å². The van der Waals surface area contributed by atoms with Gasteiger partial charge in [-0.25, -0.2) is 0 Å². The molecule has 1 aliphatic rings. The molecule has 1 amide bonds. The van der Waals surface area contributed by atoms with Crippen molar-refractivity contribution < 1.29 is 9.53 Å². The van der Waals surface area contributed by atoms with Crippen molar-refractivity contribution >= 4 is 5.91 Å². The molecule has 1 aliphatic heterocycles. The fraction of sp³-hybridized carbons (Fsp3) is 0.423. The largest absolute Gasteiger partial charge is 0.496 e. The van der Waals surface area contributed by atoms with Crippen LogP contribution in [-0.4, -0.2) is 45.8 Å². The molecule has 0 spiro atoms. The molecule has 3 aromatic rings. The fourth-order valence-electron chi connectivity index (χ4n) is 4.49. The van der Waals surface area contributed by atoms with Crippen LogP contribution in [0.3, 0.4) is 0 Å². The lowest BCUT2D eigenvalue weighted by Gasteiger charge is -2.32. The van der Waals surface area contributed by atoms with E-state index in [-0.39, 0.29) is 5.91 Å². The molecule has 0 radical (unpaired) electrons. The highest BCUT2D eigenvalue weighted by Gasteiger charge is 2.24. The van der Waals surface area contributed by atoms with E-state index in [0.717, 1.165) is 56.0 Å². The zero-order valence-electron chi connectivity index (χ0n) is 19.8. The van der Waals surface area contributed by atoms with E-state index in [4.69, 9.17) is 4.74 Å². The van der Waals surface area contributed by atoms with Crippen LogP contribution >= 0.6 is 0 Å². The predicted octanol–water partition coefficient (Wildman–Crippen LogP) is 3.52. The van der Waals surface area contributed by atoms with Gasteiger partial charge in [-0.3, -0.25) is 19.4 Å². The van der Waals surface area contributed by atoms with Gasteiger partial charge in [-0.15, -0.1) is 0 Å². The summed E-state index contributed by atoms with van der Waals surface area (Å²) < 4.78 is 7.31. The zero-order chi connectivity index (χ0) is 23.2. The predicted molar refractivity (Wildman–Crippen MR) is 128 cm³/mol. The third-order valence-electron chi connectivity index (χ3n) is 6.33. The van der Waals surface area contributed by atoms with E-state index >= 15 is 0 Å². The maximum Gasteiger partial charge on any atom is 0.255 e. The lowest BCUT2D eigenvalue weighted by atomic mass is 9.91. The van der Waals surface area contributed by atoms with E-state index in [1.165, 1.54) is 11.1 Å². The maximum absolute atomic E-state index is 12.8. The number of nitrogens with one attached hydrogen (secondary N) is 1. The van der Waals surface area contributed by atoms with Crippen molar-refractivity contribution in [2.75, 3.05) is 20.2 Å². The quantitative estimate of drug-likeness (QED) is 0.572. The van der Waals surface area contributed by atoms with Gasteiger partial charge in [0.1, 0.15) is 5.75 Å². The Hall–Kier alpha value is -3.19. The molecule has 2 aromatic heterocycles. The van der Waals surface area contributed by atoms with Gasteiger partial charge in [-0.2, -0.15) is 5.10 Å². The van der Waals surface area contributed by atoms with Crippen LogP contribution in [0.5, 0.6) is 5.75 Å². The first-order valence-electron chi connectivity index (χ1n) is 11.6. The van der Waals surface area contributed by atoms with Crippen LogP contribution in [0, 0.1) is 12.8 Å². The SMILES string of the molecule is COc1cc(C)ccc1CN1CCC(Cc2nn(C)cc2C(=O)NCc2ccccn2)CC1. The number of rotatable bonds is 8. The number of benzene rings is 1. The summed E-state index contributed by atoms with van der Waals surface area (Å²) >= 11 is 0. The summed E-state index contributed by atoms with van der Waals surface area (Å²) in [6.07, 6.45) is 6.58. The molecule has 33 heavy (non-hydrogen) atoms. The number of piperidine rings is 1. The first-order chi connectivity index (χ1) is 16.0. The van der Waals surface area contributed by atoms with Gasteiger partial charge < -0.3 is 10.1 Å². The van der Waals surface area contributed by atoms with Crippen LogP contribution in [0.25, 0.3) is 0 Å². The summed E-state index contributed by atoms with van der Waals surface area (Å²) in [5.41, 5.74) is 4.84. The number of hydrogen-bond acceptors (Lipinski definition) is 5. The second-order valence-electron chi connectivity index (χ2n) is 8.91. The van der Waals surface area contributed by atoms with E-state index < -0.39 is 0 Å². The minimum atomic E-state index is -0.0901. The number of ether oxygens (including phenoxy) is 1. The highest BCUT2D eigenvalue weighted by atomic mass is 16.5. The van der Waals surface area contributed by atoms with Gasteiger partial charge in [0, 0.05) is 31.5 Å². The monoisotopic (exact) mass is 447 g/mol. The number of aryl methyl sites for hydroxylation is 2. The number of aromatic nitrogens is 3. The Balaban J connectivity index is 1.32.